The fraction of sp³-hybridized carbons (Fsp3) is 0.750. The van der Waals surface area contributed by atoms with Gasteiger partial charge in [0.25, 0.3) is 0 Å². The summed E-state index contributed by atoms with van der Waals surface area (Å²) in [6.07, 6.45) is 5.25. The first kappa shape index (κ1) is 10.7. The molecule has 2 aliphatic rings. The summed E-state index contributed by atoms with van der Waals surface area (Å²) in [6.45, 7) is 5.71. The molecule has 2 heterocycles. The summed E-state index contributed by atoms with van der Waals surface area (Å²) >= 11 is 0. The Morgan fingerprint density at radius 2 is 2.20 bits per heavy atom. The topological polar surface area (TPSA) is 38.3 Å². The average Bonchev–Trinajstić information content (AvgIpc) is 2.45. The van der Waals surface area contributed by atoms with Crippen molar-refractivity contribution in [2.24, 2.45) is 0 Å². The minimum absolute atomic E-state index is 0.152. The SMILES string of the molecule is CC(C)(C)OC(=O)C1=CCC2CCC1N2. The molecule has 2 rings (SSSR count). The van der Waals surface area contributed by atoms with E-state index >= 15 is 0 Å². The third-order valence-corrected chi connectivity index (χ3v) is 2.87. The van der Waals surface area contributed by atoms with Crippen LogP contribution in [0.2, 0.25) is 0 Å². The summed E-state index contributed by atoms with van der Waals surface area (Å²) in [5, 5.41) is 3.44. The summed E-state index contributed by atoms with van der Waals surface area (Å²) in [5.41, 5.74) is 0.437. The number of ether oxygens (including phenoxy) is 1. The average molecular weight is 209 g/mol. The minimum Gasteiger partial charge on any atom is -0.457 e. The number of hydrogen-bond acceptors (Lipinski definition) is 3. The van der Waals surface area contributed by atoms with E-state index in [9.17, 15) is 4.79 Å². The molecule has 0 amide bonds. The standard InChI is InChI=1S/C12H19NO2/c1-12(2,3)15-11(14)9-6-4-8-5-7-10(9)13-8/h6,8,10,13H,4-5,7H2,1-3H3. The van der Waals surface area contributed by atoms with E-state index in [0.717, 1.165) is 18.4 Å². The zero-order valence-corrected chi connectivity index (χ0v) is 9.67. The molecule has 1 N–H and O–H groups in total. The maximum Gasteiger partial charge on any atom is 0.335 e. The molecule has 0 saturated carbocycles. The lowest BCUT2D eigenvalue weighted by Crippen LogP contribution is -2.38. The molecule has 0 spiro atoms. The fourth-order valence-electron chi connectivity index (χ4n) is 2.22. The predicted molar refractivity (Wildman–Crippen MR) is 58.5 cm³/mol. The molecule has 2 unspecified atom stereocenters. The number of nitrogens with one attached hydrogen (secondary N) is 1. The molecule has 2 aliphatic heterocycles. The van der Waals surface area contributed by atoms with Gasteiger partial charge >= 0.3 is 5.97 Å². The van der Waals surface area contributed by atoms with Crippen LogP contribution in [0.15, 0.2) is 11.6 Å². The number of carbonyl (C=O) groups is 1. The van der Waals surface area contributed by atoms with Gasteiger partial charge in [-0.05, 0) is 40.0 Å². The molecule has 1 fully saturated rings. The van der Waals surface area contributed by atoms with E-state index in [-0.39, 0.29) is 12.0 Å². The Hall–Kier alpha value is -0.830. The van der Waals surface area contributed by atoms with Gasteiger partial charge in [-0.15, -0.1) is 0 Å². The Kier molecular flexibility index (Phi) is 2.59. The van der Waals surface area contributed by atoms with Gasteiger partial charge in [0.1, 0.15) is 5.60 Å². The van der Waals surface area contributed by atoms with E-state index in [0.29, 0.717) is 6.04 Å². The smallest absolute Gasteiger partial charge is 0.335 e. The molecule has 0 aromatic carbocycles. The number of hydrogen-bond donors (Lipinski definition) is 1. The third-order valence-electron chi connectivity index (χ3n) is 2.87. The molecular formula is C12H19NO2. The Morgan fingerprint density at radius 1 is 1.47 bits per heavy atom. The molecule has 0 aromatic rings. The zero-order chi connectivity index (χ0) is 11.1. The molecule has 2 atom stereocenters. The van der Waals surface area contributed by atoms with Crippen molar-refractivity contribution in [2.45, 2.75) is 57.7 Å². The van der Waals surface area contributed by atoms with Gasteiger partial charge < -0.3 is 10.1 Å². The number of esters is 1. The molecule has 3 nitrogen and oxygen atoms in total. The summed E-state index contributed by atoms with van der Waals surface area (Å²) in [6, 6.07) is 0.819. The highest BCUT2D eigenvalue weighted by Gasteiger charge is 2.34. The van der Waals surface area contributed by atoms with Crippen molar-refractivity contribution in [3.05, 3.63) is 11.6 Å². The summed E-state index contributed by atoms with van der Waals surface area (Å²) in [4.78, 5) is 11.9. The van der Waals surface area contributed by atoms with E-state index in [1.165, 1.54) is 6.42 Å². The highest BCUT2D eigenvalue weighted by Crippen LogP contribution is 2.28. The van der Waals surface area contributed by atoms with Crippen LogP contribution in [0.4, 0.5) is 0 Å². The number of rotatable bonds is 1. The van der Waals surface area contributed by atoms with Crippen LogP contribution in [0, 0.1) is 0 Å². The lowest BCUT2D eigenvalue weighted by Gasteiger charge is -2.25. The summed E-state index contributed by atoms with van der Waals surface area (Å²) in [5.74, 6) is -0.152. The van der Waals surface area contributed by atoms with Crippen LogP contribution in [0.25, 0.3) is 0 Å². The molecule has 0 radical (unpaired) electrons. The van der Waals surface area contributed by atoms with Crippen molar-refractivity contribution in [2.75, 3.05) is 0 Å². The Bertz CT molecular complexity index is 301. The highest BCUT2D eigenvalue weighted by molar-refractivity contribution is 5.90. The number of fused-ring (bicyclic) bond motifs is 2. The molecular weight excluding hydrogens is 190 g/mol. The largest absolute Gasteiger partial charge is 0.457 e. The van der Waals surface area contributed by atoms with Crippen molar-refractivity contribution in [3.8, 4) is 0 Å². The molecule has 0 aromatic heterocycles. The van der Waals surface area contributed by atoms with Crippen molar-refractivity contribution in [1.82, 2.24) is 5.32 Å². The van der Waals surface area contributed by atoms with Crippen LogP contribution in [-0.4, -0.2) is 23.7 Å². The summed E-state index contributed by atoms with van der Waals surface area (Å²) in [7, 11) is 0. The van der Waals surface area contributed by atoms with Crippen LogP contribution in [-0.2, 0) is 9.53 Å². The van der Waals surface area contributed by atoms with Gasteiger partial charge in [-0.3, -0.25) is 0 Å². The van der Waals surface area contributed by atoms with E-state index in [1.807, 2.05) is 26.8 Å². The molecule has 84 valence electrons. The molecule has 0 aliphatic carbocycles. The van der Waals surface area contributed by atoms with Gasteiger partial charge in [-0.25, -0.2) is 4.79 Å². The Balaban J connectivity index is 2.05. The second kappa shape index (κ2) is 3.63. The minimum atomic E-state index is -0.395. The fourth-order valence-corrected chi connectivity index (χ4v) is 2.22. The maximum atomic E-state index is 11.9. The third kappa shape index (κ3) is 2.40. The normalized spacial score (nSPS) is 29.9. The van der Waals surface area contributed by atoms with Crippen molar-refractivity contribution >= 4 is 5.97 Å². The number of carbonyl (C=O) groups excluding carboxylic acids is 1. The quantitative estimate of drug-likeness (QED) is 0.669. The van der Waals surface area contributed by atoms with Crippen LogP contribution >= 0.6 is 0 Å². The predicted octanol–water partition coefficient (Wildman–Crippen LogP) is 1.78. The first-order chi connectivity index (χ1) is 6.96. The maximum absolute atomic E-state index is 11.9. The van der Waals surface area contributed by atoms with Crippen LogP contribution in [0.1, 0.15) is 40.0 Å². The molecule has 3 heteroatoms. The van der Waals surface area contributed by atoms with Gasteiger partial charge in [0, 0.05) is 12.1 Å². The molecule has 15 heavy (non-hydrogen) atoms. The van der Waals surface area contributed by atoms with Gasteiger partial charge in [-0.1, -0.05) is 6.08 Å². The molecule has 1 saturated heterocycles. The van der Waals surface area contributed by atoms with Gasteiger partial charge in [-0.2, -0.15) is 0 Å². The van der Waals surface area contributed by atoms with Crippen molar-refractivity contribution in [1.29, 1.82) is 0 Å². The lowest BCUT2D eigenvalue weighted by molar-refractivity contribution is -0.150. The van der Waals surface area contributed by atoms with Crippen molar-refractivity contribution in [3.63, 3.8) is 0 Å². The van der Waals surface area contributed by atoms with E-state index in [1.54, 1.807) is 0 Å². The van der Waals surface area contributed by atoms with Crippen LogP contribution in [0.5, 0.6) is 0 Å². The molecule has 2 bridgehead atoms. The van der Waals surface area contributed by atoms with E-state index < -0.39 is 5.60 Å². The van der Waals surface area contributed by atoms with Gasteiger partial charge in [0.2, 0.25) is 0 Å². The van der Waals surface area contributed by atoms with Crippen LogP contribution < -0.4 is 5.32 Å². The summed E-state index contributed by atoms with van der Waals surface area (Å²) < 4.78 is 5.38. The first-order valence-corrected chi connectivity index (χ1v) is 5.65. The Labute approximate surface area is 90.9 Å². The van der Waals surface area contributed by atoms with Gasteiger partial charge in [0.15, 0.2) is 0 Å². The van der Waals surface area contributed by atoms with E-state index in [2.05, 4.69) is 5.32 Å². The second-order valence-electron chi connectivity index (χ2n) is 5.39. The van der Waals surface area contributed by atoms with Crippen LogP contribution in [0.3, 0.4) is 0 Å². The zero-order valence-electron chi connectivity index (χ0n) is 9.67. The monoisotopic (exact) mass is 209 g/mol. The lowest BCUT2D eigenvalue weighted by atomic mass is 10.0. The second-order valence-corrected chi connectivity index (χ2v) is 5.39. The van der Waals surface area contributed by atoms with Crippen molar-refractivity contribution < 1.29 is 9.53 Å². The first-order valence-electron chi connectivity index (χ1n) is 5.65. The Morgan fingerprint density at radius 3 is 2.87 bits per heavy atom. The highest BCUT2D eigenvalue weighted by atomic mass is 16.6. The van der Waals surface area contributed by atoms with E-state index in [4.69, 9.17) is 4.74 Å². The van der Waals surface area contributed by atoms with Gasteiger partial charge in [0.05, 0.1) is 5.57 Å².